The van der Waals surface area contributed by atoms with Gasteiger partial charge in [0.25, 0.3) is 0 Å². The molecule has 1 atom stereocenters. The van der Waals surface area contributed by atoms with E-state index in [0.29, 0.717) is 12.5 Å². The molecule has 1 aliphatic rings. The average Bonchev–Trinajstić information content (AvgIpc) is 2.49. The maximum absolute atomic E-state index is 10.2. The maximum atomic E-state index is 10.2. The Balaban J connectivity index is 1.73. The summed E-state index contributed by atoms with van der Waals surface area (Å²) < 4.78 is 5.16. The SMILES string of the molecule is COc1cccc(C(O)CNCC2CCC(O)CC2)c1. The third-order valence-electron chi connectivity index (χ3n) is 4.07. The number of ether oxygens (including phenoxy) is 1. The molecule has 1 fully saturated rings. The lowest BCUT2D eigenvalue weighted by Gasteiger charge is -2.26. The molecule has 1 unspecified atom stereocenters. The Morgan fingerprint density at radius 1 is 1.30 bits per heavy atom. The van der Waals surface area contributed by atoms with E-state index in [1.807, 2.05) is 24.3 Å². The first-order valence-electron chi connectivity index (χ1n) is 7.40. The van der Waals surface area contributed by atoms with Crippen molar-refractivity contribution in [3.8, 4) is 5.75 Å². The predicted molar refractivity (Wildman–Crippen MR) is 78.8 cm³/mol. The van der Waals surface area contributed by atoms with Crippen molar-refractivity contribution in [3.05, 3.63) is 29.8 Å². The quantitative estimate of drug-likeness (QED) is 0.744. The fraction of sp³-hybridized carbons (Fsp3) is 0.625. The highest BCUT2D eigenvalue weighted by Crippen LogP contribution is 2.24. The van der Waals surface area contributed by atoms with Gasteiger partial charge in [-0.25, -0.2) is 0 Å². The molecule has 0 aliphatic heterocycles. The summed E-state index contributed by atoms with van der Waals surface area (Å²) in [5.41, 5.74) is 0.871. The monoisotopic (exact) mass is 279 g/mol. The summed E-state index contributed by atoms with van der Waals surface area (Å²) in [5.74, 6) is 1.39. The molecule has 0 spiro atoms. The molecule has 4 heteroatoms. The fourth-order valence-electron chi connectivity index (χ4n) is 2.74. The van der Waals surface area contributed by atoms with Gasteiger partial charge in [0.05, 0.1) is 19.3 Å². The van der Waals surface area contributed by atoms with Crippen LogP contribution in [-0.4, -0.2) is 36.5 Å². The maximum Gasteiger partial charge on any atom is 0.119 e. The van der Waals surface area contributed by atoms with Crippen LogP contribution >= 0.6 is 0 Å². The molecule has 0 saturated heterocycles. The molecule has 112 valence electrons. The highest BCUT2D eigenvalue weighted by atomic mass is 16.5. The summed E-state index contributed by atoms with van der Waals surface area (Å²) >= 11 is 0. The van der Waals surface area contributed by atoms with Crippen molar-refractivity contribution in [2.24, 2.45) is 5.92 Å². The first kappa shape index (κ1) is 15.3. The third kappa shape index (κ3) is 4.47. The van der Waals surface area contributed by atoms with E-state index < -0.39 is 6.10 Å². The van der Waals surface area contributed by atoms with Crippen LogP contribution in [-0.2, 0) is 0 Å². The van der Waals surface area contributed by atoms with Crippen molar-refractivity contribution >= 4 is 0 Å². The number of hydrogen-bond acceptors (Lipinski definition) is 4. The number of benzene rings is 1. The Hall–Kier alpha value is -1.10. The molecule has 1 aliphatic carbocycles. The molecule has 2 rings (SSSR count). The van der Waals surface area contributed by atoms with E-state index in [2.05, 4.69) is 5.32 Å². The van der Waals surface area contributed by atoms with Gasteiger partial charge in [-0.15, -0.1) is 0 Å². The second kappa shape index (κ2) is 7.62. The van der Waals surface area contributed by atoms with Gasteiger partial charge in [0.15, 0.2) is 0 Å². The lowest BCUT2D eigenvalue weighted by molar-refractivity contribution is 0.106. The minimum Gasteiger partial charge on any atom is -0.497 e. The first-order chi connectivity index (χ1) is 9.69. The predicted octanol–water partition coefficient (Wildman–Crippen LogP) is 1.87. The molecule has 0 radical (unpaired) electrons. The molecular formula is C16H25NO3. The highest BCUT2D eigenvalue weighted by molar-refractivity contribution is 5.29. The number of nitrogens with one attached hydrogen (secondary N) is 1. The van der Waals surface area contributed by atoms with Gasteiger partial charge in [0.1, 0.15) is 5.75 Å². The fourth-order valence-corrected chi connectivity index (χ4v) is 2.74. The Kier molecular flexibility index (Phi) is 5.83. The van der Waals surface area contributed by atoms with Gasteiger partial charge in [-0.05, 0) is 55.8 Å². The molecule has 0 aromatic heterocycles. The largest absolute Gasteiger partial charge is 0.497 e. The smallest absolute Gasteiger partial charge is 0.119 e. The zero-order valence-corrected chi connectivity index (χ0v) is 12.1. The van der Waals surface area contributed by atoms with Gasteiger partial charge in [0.2, 0.25) is 0 Å². The van der Waals surface area contributed by atoms with E-state index in [9.17, 15) is 10.2 Å². The molecule has 4 nitrogen and oxygen atoms in total. The van der Waals surface area contributed by atoms with E-state index in [0.717, 1.165) is 43.5 Å². The first-order valence-corrected chi connectivity index (χ1v) is 7.40. The van der Waals surface area contributed by atoms with Crippen LogP contribution in [0.2, 0.25) is 0 Å². The summed E-state index contributed by atoms with van der Waals surface area (Å²) in [7, 11) is 1.63. The molecule has 0 bridgehead atoms. The average molecular weight is 279 g/mol. The Labute approximate surface area is 120 Å². The van der Waals surface area contributed by atoms with E-state index in [1.54, 1.807) is 7.11 Å². The molecule has 0 amide bonds. The minimum atomic E-state index is -0.515. The Morgan fingerprint density at radius 3 is 2.75 bits per heavy atom. The zero-order valence-electron chi connectivity index (χ0n) is 12.1. The van der Waals surface area contributed by atoms with Crippen LogP contribution in [0, 0.1) is 5.92 Å². The van der Waals surface area contributed by atoms with Gasteiger partial charge in [-0.1, -0.05) is 12.1 Å². The molecule has 1 aromatic carbocycles. The van der Waals surface area contributed by atoms with Crippen molar-refractivity contribution in [1.82, 2.24) is 5.32 Å². The van der Waals surface area contributed by atoms with Crippen LogP contribution in [0.5, 0.6) is 5.75 Å². The summed E-state index contributed by atoms with van der Waals surface area (Å²) in [6, 6.07) is 7.53. The minimum absolute atomic E-state index is 0.103. The second-order valence-electron chi connectivity index (χ2n) is 5.63. The van der Waals surface area contributed by atoms with Crippen LogP contribution in [0.4, 0.5) is 0 Å². The number of hydrogen-bond donors (Lipinski definition) is 3. The molecule has 3 N–H and O–H groups in total. The van der Waals surface area contributed by atoms with Crippen molar-refractivity contribution in [2.75, 3.05) is 20.2 Å². The van der Waals surface area contributed by atoms with Crippen molar-refractivity contribution < 1.29 is 14.9 Å². The van der Waals surface area contributed by atoms with Crippen LogP contribution < -0.4 is 10.1 Å². The number of aliphatic hydroxyl groups excluding tert-OH is 2. The van der Waals surface area contributed by atoms with Gasteiger partial charge in [-0.2, -0.15) is 0 Å². The van der Waals surface area contributed by atoms with Gasteiger partial charge in [0, 0.05) is 6.54 Å². The van der Waals surface area contributed by atoms with Crippen LogP contribution in [0.15, 0.2) is 24.3 Å². The van der Waals surface area contributed by atoms with Gasteiger partial charge >= 0.3 is 0 Å². The highest BCUT2D eigenvalue weighted by Gasteiger charge is 2.19. The van der Waals surface area contributed by atoms with Crippen LogP contribution in [0.3, 0.4) is 0 Å². The molecule has 0 heterocycles. The zero-order chi connectivity index (χ0) is 14.4. The van der Waals surface area contributed by atoms with E-state index >= 15 is 0 Å². The van der Waals surface area contributed by atoms with Crippen LogP contribution in [0.25, 0.3) is 0 Å². The van der Waals surface area contributed by atoms with Gasteiger partial charge < -0.3 is 20.3 Å². The lowest BCUT2D eigenvalue weighted by Crippen LogP contribution is -2.30. The van der Waals surface area contributed by atoms with E-state index in [1.165, 1.54) is 0 Å². The summed E-state index contributed by atoms with van der Waals surface area (Å²) in [5, 5.41) is 23.0. The Bertz CT molecular complexity index is 402. The van der Waals surface area contributed by atoms with Gasteiger partial charge in [-0.3, -0.25) is 0 Å². The van der Waals surface area contributed by atoms with Crippen molar-refractivity contribution in [2.45, 2.75) is 37.9 Å². The molecule has 1 saturated carbocycles. The number of rotatable bonds is 6. The molecule has 20 heavy (non-hydrogen) atoms. The molecular weight excluding hydrogens is 254 g/mol. The van der Waals surface area contributed by atoms with Crippen molar-refractivity contribution in [3.63, 3.8) is 0 Å². The summed E-state index contributed by atoms with van der Waals surface area (Å²) in [6.45, 7) is 1.46. The number of methoxy groups -OCH3 is 1. The normalized spacial score (nSPS) is 24.4. The summed E-state index contributed by atoms with van der Waals surface area (Å²) in [6.07, 6.45) is 3.34. The standard InChI is InChI=1S/C16H25NO3/c1-20-15-4-2-3-13(9-15)16(19)11-17-10-12-5-7-14(18)8-6-12/h2-4,9,12,14,16-19H,5-8,10-11H2,1H3. The van der Waals surface area contributed by atoms with E-state index in [4.69, 9.17) is 4.74 Å². The third-order valence-corrected chi connectivity index (χ3v) is 4.07. The van der Waals surface area contributed by atoms with Crippen LogP contribution in [0.1, 0.15) is 37.4 Å². The second-order valence-corrected chi connectivity index (χ2v) is 5.63. The lowest BCUT2D eigenvalue weighted by atomic mass is 9.87. The molecule has 1 aromatic rings. The van der Waals surface area contributed by atoms with Crippen molar-refractivity contribution in [1.29, 1.82) is 0 Å². The summed E-state index contributed by atoms with van der Waals surface area (Å²) in [4.78, 5) is 0. The number of aliphatic hydroxyl groups is 2. The topological polar surface area (TPSA) is 61.7 Å². The Morgan fingerprint density at radius 2 is 2.05 bits per heavy atom. The van der Waals surface area contributed by atoms with E-state index in [-0.39, 0.29) is 6.10 Å².